The monoisotopic (exact) mass is 305 g/mol. The van der Waals surface area contributed by atoms with E-state index in [0.29, 0.717) is 6.42 Å². The van der Waals surface area contributed by atoms with Gasteiger partial charge in [-0.05, 0) is 37.1 Å². The predicted octanol–water partition coefficient (Wildman–Crippen LogP) is 3.36. The first-order valence-electron chi connectivity index (χ1n) is 8.04. The summed E-state index contributed by atoms with van der Waals surface area (Å²) in [5.41, 5.74) is 5.50. The van der Waals surface area contributed by atoms with Crippen LogP contribution in [0, 0.1) is 6.92 Å². The molecule has 0 atom stereocenters. The van der Waals surface area contributed by atoms with Gasteiger partial charge < -0.3 is 9.30 Å². The molecule has 0 spiro atoms. The molecule has 1 fully saturated rings. The number of carbonyl (C=O) groups excluding carboxylic acids is 1. The quantitative estimate of drug-likeness (QED) is 0.744. The van der Waals surface area contributed by atoms with Crippen LogP contribution in [0.3, 0.4) is 0 Å². The topological polar surface area (TPSA) is 37.6 Å². The zero-order chi connectivity index (χ0) is 15.8. The van der Waals surface area contributed by atoms with Crippen LogP contribution in [0.1, 0.15) is 29.8 Å². The van der Waals surface area contributed by atoms with Gasteiger partial charge in [0.1, 0.15) is 5.65 Å². The molecule has 4 rings (SSSR count). The first-order chi connectivity index (χ1) is 11.2. The second kappa shape index (κ2) is 5.54. The Hall–Kier alpha value is -2.62. The van der Waals surface area contributed by atoms with E-state index in [1.807, 2.05) is 35.4 Å². The Labute approximate surface area is 135 Å². The van der Waals surface area contributed by atoms with E-state index in [0.717, 1.165) is 36.4 Å². The number of imidazole rings is 1. The van der Waals surface area contributed by atoms with Gasteiger partial charge in [-0.15, -0.1) is 0 Å². The van der Waals surface area contributed by atoms with Crippen molar-refractivity contribution in [2.75, 3.05) is 11.4 Å². The SMILES string of the molecule is Cc1cccc2ncc(Cc3ccccc3N3CCCC3=O)n12. The summed E-state index contributed by atoms with van der Waals surface area (Å²) in [5.74, 6) is 0.228. The molecule has 1 amide bonds. The van der Waals surface area contributed by atoms with E-state index in [1.165, 1.54) is 11.3 Å². The van der Waals surface area contributed by atoms with Gasteiger partial charge in [-0.2, -0.15) is 0 Å². The highest BCUT2D eigenvalue weighted by Crippen LogP contribution is 2.27. The lowest BCUT2D eigenvalue weighted by molar-refractivity contribution is -0.117. The average Bonchev–Trinajstić information content (AvgIpc) is 3.16. The molecule has 0 unspecified atom stereocenters. The van der Waals surface area contributed by atoms with Gasteiger partial charge in [0, 0.05) is 42.7 Å². The molecule has 23 heavy (non-hydrogen) atoms. The van der Waals surface area contributed by atoms with Crippen LogP contribution in [0.15, 0.2) is 48.7 Å². The van der Waals surface area contributed by atoms with E-state index in [9.17, 15) is 4.79 Å². The number of fused-ring (bicyclic) bond motifs is 1. The molecule has 1 aromatic carbocycles. The number of para-hydroxylation sites is 1. The Balaban J connectivity index is 1.75. The highest BCUT2D eigenvalue weighted by molar-refractivity contribution is 5.96. The van der Waals surface area contributed by atoms with Crippen LogP contribution in [0.4, 0.5) is 5.69 Å². The lowest BCUT2D eigenvalue weighted by Gasteiger charge is -2.19. The smallest absolute Gasteiger partial charge is 0.227 e. The molecule has 2 aromatic heterocycles. The van der Waals surface area contributed by atoms with Crippen LogP contribution < -0.4 is 4.90 Å². The summed E-state index contributed by atoms with van der Waals surface area (Å²) in [4.78, 5) is 18.5. The van der Waals surface area contributed by atoms with Crippen molar-refractivity contribution >= 4 is 17.2 Å². The van der Waals surface area contributed by atoms with E-state index >= 15 is 0 Å². The maximum absolute atomic E-state index is 12.1. The second-order valence-electron chi connectivity index (χ2n) is 6.06. The highest BCUT2D eigenvalue weighted by Gasteiger charge is 2.23. The molecule has 0 N–H and O–H groups in total. The maximum atomic E-state index is 12.1. The van der Waals surface area contributed by atoms with Gasteiger partial charge in [0.25, 0.3) is 0 Å². The van der Waals surface area contributed by atoms with Crippen LogP contribution in [-0.4, -0.2) is 21.8 Å². The van der Waals surface area contributed by atoms with Crippen molar-refractivity contribution < 1.29 is 4.79 Å². The Morgan fingerprint density at radius 2 is 2.00 bits per heavy atom. The molecule has 1 aliphatic heterocycles. The van der Waals surface area contributed by atoms with Crippen molar-refractivity contribution in [2.45, 2.75) is 26.2 Å². The number of carbonyl (C=O) groups is 1. The summed E-state index contributed by atoms with van der Waals surface area (Å²) in [6.45, 7) is 2.91. The number of pyridine rings is 1. The van der Waals surface area contributed by atoms with Gasteiger partial charge in [0.05, 0.1) is 0 Å². The second-order valence-corrected chi connectivity index (χ2v) is 6.06. The van der Waals surface area contributed by atoms with Crippen LogP contribution >= 0.6 is 0 Å². The van der Waals surface area contributed by atoms with E-state index in [1.54, 1.807) is 0 Å². The highest BCUT2D eigenvalue weighted by atomic mass is 16.2. The van der Waals surface area contributed by atoms with Crippen LogP contribution in [0.5, 0.6) is 0 Å². The van der Waals surface area contributed by atoms with Crippen molar-refractivity contribution in [3.05, 3.63) is 65.6 Å². The molecule has 0 aliphatic carbocycles. The van der Waals surface area contributed by atoms with Crippen LogP contribution in [0.2, 0.25) is 0 Å². The van der Waals surface area contributed by atoms with Crippen molar-refractivity contribution in [1.82, 2.24) is 9.38 Å². The third-order valence-corrected chi connectivity index (χ3v) is 4.52. The minimum absolute atomic E-state index is 0.228. The number of anilines is 1. The van der Waals surface area contributed by atoms with E-state index in [4.69, 9.17) is 0 Å². The standard InChI is InChI=1S/C19H19N3O/c1-14-6-4-9-18-20-13-16(22(14)18)12-15-7-2-3-8-17(15)21-11-5-10-19(21)23/h2-4,6-9,13H,5,10-12H2,1H3. The summed E-state index contributed by atoms with van der Waals surface area (Å²) >= 11 is 0. The van der Waals surface area contributed by atoms with E-state index in [2.05, 4.69) is 34.5 Å². The lowest BCUT2D eigenvalue weighted by Crippen LogP contribution is -2.25. The molecule has 0 radical (unpaired) electrons. The number of benzene rings is 1. The summed E-state index contributed by atoms with van der Waals surface area (Å²) in [5, 5.41) is 0. The van der Waals surface area contributed by atoms with Crippen LogP contribution in [0.25, 0.3) is 5.65 Å². The van der Waals surface area contributed by atoms with Gasteiger partial charge in [0.2, 0.25) is 5.91 Å². The molecular weight excluding hydrogens is 286 g/mol. The molecule has 0 saturated carbocycles. The molecule has 3 aromatic rings. The number of hydrogen-bond donors (Lipinski definition) is 0. The minimum atomic E-state index is 0.228. The molecular formula is C19H19N3O. The Kier molecular flexibility index (Phi) is 3.37. The van der Waals surface area contributed by atoms with Crippen molar-refractivity contribution in [3.63, 3.8) is 0 Å². The fourth-order valence-corrected chi connectivity index (χ4v) is 3.42. The van der Waals surface area contributed by atoms with Gasteiger partial charge in [-0.1, -0.05) is 24.3 Å². The molecule has 116 valence electrons. The lowest BCUT2D eigenvalue weighted by atomic mass is 10.1. The fourth-order valence-electron chi connectivity index (χ4n) is 3.42. The molecule has 1 aliphatic rings. The van der Waals surface area contributed by atoms with Crippen molar-refractivity contribution in [2.24, 2.45) is 0 Å². The summed E-state index contributed by atoms with van der Waals surface area (Å²) in [6, 6.07) is 14.3. The van der Waals surface area contributed by atoms with E-state index < -0.39 is 0 Å². The normalized spacial score (nSPS) is 14.8. The number of hydrogen-bond acceptors (Lipinski definition) is 2. The van der Waals surface area contributed by atoms with Gasteiger partial charge in [0.15, 0.2) is 0 Å². The van der Waals surface area contributed by atoms with Gasteiger partial charge >= 0.3 is 0 Å². The minimum Gasteiger partial charge on any atom is -0.312 e. The number of rotatable bonds is 3. The molecule has 1 saturated heterocycles. The van der Waals surface area contributed by atoms with Gasteiger partial charge in [-0.25, -0.2) is 4.98 Å². The van der Waals surface area contributed by atoms with E-state index in [-0.39, 0.29) is 5.91 Å². The Morgan fingerprint density at radius 3 is 2.83 bits per heavy atom. The third-order valence-electron chi connectivity index (χ3n) is 4.52. The Bertz CT molecular complexity index is 881. The molecule has 4 heteroatoms. The number of aryl methyl sites for hydroxylation is 1. The van der Waals surface area contributed by atoms with Crippen molar-refractivity contribution in [3.8, 4) is 0 Å². The number of aromatic nitrogens is 2. The first kappa shape index (κ1) is 14.0. The van der Waals surface area contributed by atoms with Crippen molar-refractivity contribution in [1.29, 1.82) is 0 Å². The molecule has 4 nitrogen and oxygen atoms in total. The Morgan fingerprint density at radius 1 is 1.13 bits per heavy atom. The summed E-state index contributed by atoms with van der Waals surface area (Å²) in [7, 11) is 0. The zero-order valence-electron chi connectivity index (χ0n) is 13.2. The van der Waals surface area contributed by atoms with Crippen LogP contribution in [-0.2, 0) is 11.2 Å². The summed E-state index contributed by atoms with van der Waals surface area (Å²) in [6.07, 6.45) is 4.31. The fraction of sp³-hybridized carbons (Fsp3) is 0.263. The maximum Gasteiger partial charge on any atom is 0.227 e. The predicted molar refractivity (Wildman–Crippen MR) is 90.8 cm³/mol. The number of nitrogens with zero attached hydrogens (tertiary/aromatic N) is 3. The molecule has 0 bridgehead atoms. The van der Waals surface area contributed by atoms with Gasteiger partial charge in [-0.3, -0.25) is 4.79 Å². The largest absolute Gasteiger partial charge is 0.312 e. The third kappa shape index (κ3) is 2.40. The number of amides is 1. The zero-order valence-corrected chi connectivity index (χ0v) is 13.2. The summed E-state index contributed by atoms with van der Waals surface area (Å²) < 4.78 is 2.18. The molecule has 3 heterocycles. The average molecular weight is 305 g/mol. The first-order valence-corrected chi connectivity index (χ1v) is 8.04.